The molecule has 0 amide bonds. The first-order valence-corrected chi connectivity index (χ1v) is 0. The van der Waals surface area contributed by atoms with Crippen LogP contribution in [0.15, 0.2) is 0 Å². The van der Waals surface area contributed by atoms with Crippen molar-refractivity contribution in [3.05, 3.63) is 0 Å². The third kappa shape index (κ3) is 28.6. The van der Waals surface area contributed by atoms with E-state index in [0.717, 1.165) is 0 Å². The molecule has 0 bridgehead atoms. The van der Waals surface area contributed by atoms with E-state index in [1.54, 1.807) is 0 Å². The minimum Gasteiger partial charge on any atom is -0.412 e. The fourth-order valence-corrected chi connectivity index (χ4v) is 0. The quantitative estimate of drug-likeness (QED) is 0.439. The Kier molecular flexibility index (Phi) is 767. The first-order chi connectivity index (χ1) is 0. The average Bonchev–Trinajstić information content (AvgIpc) is 0. The van der Waals surface area contributed by atoms with E-state index >= 15 is 0 Å². The summed E-state index contributed by atoms with van der Waals surface area (Å²) in [6.07, 6.45) is 0. The van der Waals surface area contributed by atoms with Crippen LogP contribution in [-0.4, -0.2) is 11.0 Å². The molecule has 0 atom stereocenters. The molecule has 37 valence electrons. The molecule has 0 saturated heterocycles. The Balaban J connectivity index is 0. The van der Waals surface area contributed by atoms with Gasteiger partial charge < -0.3 is 11.0 Å². The van der Waals surface area contributed by atoms with Crippen LogP contribution in [0.2, 0.25) is 0 Å². The smallest absolute Gasteiger partial charge is 0 e. The molecule has 5 heteroatoms. The summed E-state index contributed by atoms with van der Waals surface area (Å²) < 4.78 is 0. The van der Waals surface area contributed by atoms with Crippen molar-refractivity contribution >= 4 is 0 Å². The van der Waals surface area contributed by atoms with Crippen LogP contribution in [0.3, 0.4) is 0 Å². The Morgan fingerprint density at radius 1 is 0.800 bits per heavy atom. The van der Waals surface area contributed by atoms with Gasteiger partial charge in [-0.25, -0.2) is 0 Å². The Morgan fingerprint density at radius 2 is 0.800 bits per heavy atom. The number of hydrogen-bond acceptors (Lipinski definition) is 0. The minimum atomic E-state index is 0. The van der Waals surface area contributed by atoms with Gasteiger partial charge in [0.05, 0.1) is 0 Å². The average molecular weight is 221 g/mol. The molecule has 0 spiro atoms. The van der Waals surface area contributed by atoms with Crippen molar-refractivity contribution in [3.63, 3.8) is 0 Å². The van der Waals surface area contributed by atoms with Crippen molar-refractivity contribution in [1.29, 1.82) is 0 Å². The van der Waals surface area contributed by atoms with Gasteiger partial charge in [0.1, 0.15) is 0 Å². The van der Waals surface area contributed by atoms with Crippen LogP contribution in [0.1, 0.15) is 0 Å². The SMILES string of the molecule is O.O.[Cu].[Fe].[Zn]. The second kappa shape index (κ2) is 46.8. The molecule has 0 aromatic rings. The molecule has 0 aliphatic heterocycles. The first kappa shape index (κ1) is 81.9. The zero-order valence-electron chi connectivity index (χ0n) is 2.36. The van der Waals surface area contributed by atoms with Crippen LogP contribution in [0, 0.1) is 0 Å². The van der Waals surface area contributed by atoms with Crippen molar-refractivity contribution in [3.8, 4) is 0 Å². The normalized spacial score (nSPS) is 0. The van der Waals surface area contributed by atoms with Crippen molar-refractivity contribution in [2.24, 2.45) is 0 Å². The van der Waals surface area contributed by atoms with E-state index in [-0.39, 0.29) is 64.6 Å². The molecule has 0 aromatic heterocycles. The van der Waals surface area contributed by atoms with Crippen LogP contribution < -0.4 is 0 Å². The Morgan fingerprint density at radius 3 is 0.800 bits per heavy atom. The number of rotatable bonds is 0. The summed E-state index contributed by atoms with van der Waals surface area (Å²) in [6.45, 7) is 0. The predicted octanol–water partition coefficient (Wildman–Crippen LogP) is -1.66. The van der Waals surface area contributed by atoms with E-state index in [0.29, 0.717) is 0 Å². The van der Waals surface area contributed by atoms with Gasteiger partial charge in [0.25, 0.3) is 0 Å². The van der Waals surface area contributed by atoms with Gasteiger partial charge in [0.2, 0.25) is 0 Å². The largest absolute Gasteiger partial charge is 0.412 e. The van der Waals surface area contributed by atoms with Crippen LogP contribution >= 0.6 is 0 Å². The molecule has 0 aliphatic carbocycles. The Hall–Kier alpha value is 1.58. The van der Waals surface area contributed by atoms with E-state index in [1.807, 2.05) is 0 Å². The summed E-state index contributed by atoms with van der Waals surface area (Å²) in [6, 6.07) is 0. The van der Waals surface area contributed by atoms with E-state index in [2.05, 4.69) is 0 Å². The van der Waals surface area contributed by atoms with Crippen molar-refractivity contribution < 1.29 is 64.6 Å². The molecular formula is H4CuFeO2Zn. The Labute approximate surface area is 64.4 Å². The molecule has 0 aromatic carbocycles. The van der Waals surface area contributed by atoms with E-state index < -0.39 is 0 Å². The third-order valence-corrected chi connectivity index (χ3v) is 0. The van der Waals surface area contributed by atoms with E-state index in [9.17, 15) is 0 Å². The molecule has 0 saturated carbocycles. The van der Waals surface area contributed by atoms with Crippen LogP contribution in [0.4, 0.5) is 0 Å². The molecule has 0 heterocycles. The maximum absolute atomic E-state index is 0. The molecular weight excluding hydrogens is 217 g/mol. The molecule has 1 radical (unpaired) electrons. The molecule has 4 N–H and O–H groups in total. The standard InChI is InChI=1S/Cu.Fe.2H2O.Zn/h;;2*1H2;. The zero-order chi connectivity index (χ0) is 0. The molecule has 5 heavy (non-hydrogen) atoms. The number of hydrogen-bond donors (Lipinski definition) is 0. The second-order valence-corrected chi connectivity index (χ2v) is 0. The zero-order valence-corrected chi connectivity index (χ0v) is 7.38. The van der Waals surface area contributed by atoms with Gasteiger partial charge in [-0.1, -0.05) is 0 Å². The first-order valence-electron chi connectivity index (χ1n) is 0. The fraction of sp³-hybridized carbons (Fsp3) is 0. The maximum atomic E-state index is 0. The fourth-order valence-electron chi connectivity index (χ4n) is 0. The predicted molar refractivity (Wildman–Crippen MR) is 7.23 cm³/mol. The second-order valence-electron chi connectivity index (χ2n) is 0. The van der Waals surface area contributed by atoms with Gasteiger partial charge in [0, 0.05) is 53.6 Å². The van der Waals surface area contributed by atoms with Gasteiger partial charge >= 0.3 is 0 Å². The van der Waals surface area contributed by atoms with Crippen molar-refractivity contribution in [1.82, 2.24) is 0 Å². The van der Waals surface area contributed by atoms with Crippen molar-refractivity contribution in [2.45, 2.75) is 0 Å². The van der Waals surface area contributed by atoms with E-state index in [1.165, 1.54) is 0 Å². The molecule has 0 rings (SSSR count). The van der Waals surface area contributed by atoms with Gasteiger partial charge in [-0.05, 0) is 0 Å². The maximum Gasteiger partial charge on any atom is 0 e. The summed E-state index contributed by atoms with van der Waals surface area (Å²) in [4.78, 5) is 0. The summed E-state index contributed by atoms with van der Waals surface area (Å²) in [5.41, 5.74) is 0. The van der Waals surface area contributed by atoms with Gasteiger partial charge in [-0.2, -0.15) is 0 Å². The van der Waals surface area contributed by atoms with Crippen LogP contribution in [-0.2, 0) is 53.6 Å². The van der Waals surface area contributed by atoms with E-state index in [4.69, 9.17) is 0 Å². The topological polar surface area (TPSA) is 63.0 Å². The monoisotopic (exact) mass is 219 g/mol. The van der Waals surface area contributed by atoms with Gasteiger partial charge in [0.15, 0.2) is 0 Å². The Bertz CT molecular complexity index is 9.61. The summed E-state index contributed by atoms with van der Waals surface area (Å²) in [5.74, 6) is 0. The van der Waals surface area contributed by atoms with Crippen molar-refractivity contribution in [2.75, 3.05) is 0 Å². The summed E-state index contributed by atoms with van der Waals surface area (Å²) in [7, 11) is 0. The third-order valence-electron chi connectivity index (χ3n) is 0. The molecule has 0 fully saturated rings. The minimum absolute atomic E-state index is 0. The van der Waals surface area contributed by atoms with Crippen LogP contribution in [0.25, 0.3) is 0 Å². The molecule has 0 unspecified atom stereocenters. The summed E-state index contributed by atoms with van der Waals surface area (Å²) >= 11 is 0. The van der Waals surface area contributed by atoms with Gasteiger partial charge in [-0.15, -0.1) is 0 Å². The summed E-state index contributed by atoms with van der Waals surface area (Å²) in [5, 5.41) is 0. The molecule has 2 nitrogen and oxygen atoms in total. The van der Waals surface area contributed by atoms with Crippen LogP contribution in [0.5, 0.6) is 0 Å². The van der Waals surface area contributed by atoms with Gasteiger partial charge in [-0.3, -0.25) is 0 Å². The molecule has 0 aliphatic rings.